The van der Waals surface area contributed by atoms with Gasteiger partial charge in [-0.1, -0.05) is 0 Å². The average molecular weight is 209 g/mol. The van der Waals surface area contributed by atoms with Crippen LogP contribution in [0.4, 0.5) is 0 Å². The number of pyridine rings is 1. The lowest BCUT2D eigenvalue weighted by Gasteiger charge is -2.23. The van der Waals surface area contributed by atoms with Crippen LogP contribution in [0, 0.1) is 0 Å². The van der Waals surface area contributed by atoms with E-state index < -0.39 is 0 Å². The number of hydrogen-bond acceptors (Lipinski definition) is 3. The van der Waals surface area contributed by atoms with Crippen molar-refractivity contribution in [3.8, 4) is 0 Å². The van der Waals surface area contributed by atoms with E-state index in [1.54, 1.807) is 24.5 Å². The van der Waals surface area contributed by atoms with E-state index in [-0.39, 0.29) is 11.7 Å². The molecule has 4 heteroatoms. The first-order valence-electron chi connectivity index (χ1n) is 5.24. The fourth-order valence-electron chi connectivity index (χ4n) is 1.55. The second kappa shape index (κ2) is 5.09. The highest BCUT2D eigenvalue weighted by Gasteiger charge is 2.13. The molecule has 0 aliphatic carbocycles. The molecule has 0 amide bonds. The monoisotopic (exact) mass is 209 g/mol. The molecular formula is C11H15NO3. The predicted molar refractivity (Wildman–Crippen MR) is 55.6 cm³/mol. The van der Waals surface area contributed by atoms with Crippen LogP contribution in [-0.4, -0.2) is 24.1 Å². The molecule has 2 rings (SSSR count). The van der Waals surface area contributed by atoms with Crippen LogP contribution < -0.4 is 5.43 Å². The van der Waals surface area contributed by atoms with Crippen molar-refractivity contribution in [1.29, 1.82) is 0 Å². The Labute approximate surface area is 88.4 Å². The maximum absolute atomic E-state index is 10.9. The number of aromatic nitrogens is 1. The lowest BCUT2D eigenvalue weighted by Crippen LogP contribution is -2.26. The molecule has 0 saturated carbocycles. The number of aryl methyl sites for hydroxylation is 1. The molecule has 82 valence electrons. The summed E-state index contributed by atoms with van der Waals surface area (Å²) < 4.78 is 12.8. The van der Waals surface area contributed by atoms with Gasteiger partial charge in [-0.05, 0) is 6.42 Å². The average Bonchev–Trinajstić information content (AvgIpc) is 2.30. The Balaban J connectivity index is 1.81. The first kappa shape index (κ1) is 10.4. The Kier molecular flexibility index (Phi) is 3.53. The standard InChI is InChI=1S/C11H15NO3/c13-10-2-5-12(6-3-10)7-4-11-14-8-1-9-15-11/h2-3,5-6,11H,1,4,7-9H2. The van der Waals surface area contributed by atoms with Crippen LogP contribution in [0.1, 0.15) is 12.8 Å². The van der Waals surface area contributed by atoms with Gasteiger partial charge in [0.2, 0.25) is 0 Å². The topological polar surface area (TPSA) is 40.5 Å². The Morgan fingerprint density at radius 2 is 1.93 bits per heavy atom. The molecule has 0 spiro atoms. The van der Waals surface area contributed by atoms with Gasteiger partial charge in [0.1, 0.15) is 0 Å². The molecule has 0 bridgehead atoms. The molecule has 15 heavy (non-hydrogen) atoms. The van der Waals surface area contributed by atoms with E-state index in [0.29, 0.717) is 0 Å². The molecule has 0 N–H and O–H groups in total. The van der Waals surface area contributed by atoms with E-state index >= 15 is 0 Å². The summed E-state index contributed by atoms with van der Waals surface area (Å²) >= 11 is 0. The third kappa shape index (κ3) is 3.18. The van der Waals surface area contributed by atoms with Gasteiger partial charge in [-0.2, -0.15) is 0 Å². The summed E-state index contributed by atoms with van der Waals surface area (Å²) in [6.07, 6.45) is 5.28. The van der Waals surface area contributed by atoms with Gasteiger partial charge in [-0.3, -0.25) is 4.79 Å². The molecule has 4 nitrogen and oxygen atoms in total. The zero-order valence-electron chi connectivity index (χ0n) is 8.59. The van der Waals surface area contributed by atoms with Crippen molar-refractivity contribution in [2.24, 2.45) is 0 Å². The van der Waals surface area contributed by atoms with Crippen LogP contribution in [0.5, 0.6) is 0 Å². The van der Waals surface area contributed by atoms with Gasteiger partial charge < -0.3 is 14.0 Å². The van der Waals surface area contributed by atoms with Crippen molar-refractivity contribution in [3.05, 3.63) is 34.7 Å². The minimum absolute atomic E-state index is 0.0383. The van der Waals surface area contributed by atoms with Gasteiger partial charge in [0, 0.05) is 37.5 Å². The largest absolute Gasteiger partial charge is 0.354 e. The molecule has 1 saturated heterocycles. The zero-order valence-corrected chi connectivity index (χ0v) is 8.59. The molecule has 0 unspecified atom stereocenters. The van der Waals surface area contributed by atoms with E-state index in [2.05, 4.69) is 0 Å². The maximum atomic E-state index is 10.9. The van der Waals surface area contributed by atoms with Crippen LogP contribution in [-0.2, 0) is 16.0 Å². The normalized spacial score (nSPS) is 17.9. The van der Waals surface area contributed by atoms with Crippen LogP contribution in [0.25, 0.3) is 0 Å². The zero-order chi connectivity index (χ0) is 10.5. The van der Waals surface area contributed by atoms with Gasteiger partial charge in [0.05, 0.1) is 13.2 Å². The molecule has 1 aliphatic heterocycles. The number of nitrogens with zero attached hydrogens (tertiary/aromatic N) is 1. The quantitative estimate of drug-likeness (QED) is 0.745. The Hall–Kier alpha value is -1.13. The molecule has 1 aromatic heterocycles. The maximum Gasteiger partial charge on any atom is 0.181 e. The van der Waals surface area contributed by atoms with Crippen molar-refractivity contribution in [2.75, 3.05) is 13.2 Å². The van der Waals surface area contributed by atoms with E-state index in [0.717, 1.165) is 32.6 Å². The van der Waals surface area contributed by atoms with E-state index in [4.69, 9.17) is 9.47 Å². The van der Waals surface area contributed by atoms with Gasteiger partial charge >= 0.3 is 0 Å². The Morgan fingerprint density at radius 1 is 1.27 bits per heavy atom. The summed E-state index contributed by atoms with van der Waals surface area (Å²) in [5.41, 5.74) is 0.0383. The number of rotatable bonds is 3. The van der Waals surface area contributed by atoms with Crippen molar-refractivity contribution in [1.82, 2.24) is 4.57 Å². The molecule has 1 aliphatic rings. The first-order valence-corrected chi connectivity index (χ1v) is 5.24. The van der Waals surface area contributed by atoms with Crippen LogP contribution in [0.2, 0.25) is 0 Å². The third-order valence-electron chi connectivity index (χ3n) is 2.38. The fourth-order valence-corrected chi connectivity index (χ4v) is 1.55. The summed E-state index contributed by atoms with van der Waals surface area (Å²) in [4.78, 5) is 10.9. The first-order chi connectivity index (χ1) is 7.34. The van der Waals surface area contributed by atoms with Gasteiger partial charge in [-0.25, -0.2) is 0 Å². The second-order valence-corrected chi connectivity index (χ2v) is 3.59. The Bertz CT molecular complexity index is 335. The molecule has 1 aromatic rings. The molecule has 1 fully saturated rings. The smallest absolute Gasteiger partial charge is 0.181 e. The molecule has 0 aromatic carbocycles. The summed E-state index contributed by atoms with van der Waals surface area (Å²) in [5, 5.41) is 0. The molecule has 0 radical (unpaired) electrons. The minimum atomic E-state index is -0.0850. The van der Waals surface area contributed by atoms with Crippen molar-refractivity contribution >= 4 is 0 Å². The molecular weight excluding hydrogens is 194 g/mol. The van der Waals surface area contributed by atoms with Crippen LogP contribution in [0.15, 0.2) is 29.3 Å². The molecule has 0 atom stereocenters. The van der Waals surface area contributed by atoms with E-state index in [1.165, 1.54) is 0 Å². The highest BCUT2D eigenvalue weighted by atomic mass is 16.7. The number of ether oxygens (including phenoxy) is 2. The summed E-state index contributed by atoms with van der Waals surface area (Å²) in [6.45, 7) is 2.38. The fraction of sp³-hybridized carbons (Fsp3) is 0.545. The van der Waals surface area contributed by atoms with E-state index in [9.17, 15) is 4.79 Å². The minimum Gasteiger partial charge on any atom is -0.354 e. The van der Waals surface area contributed by atoms with Crippen LogP contribution in [0.3, 0.4) is 0 Å². The Morgan fingerprint density at radius 3 is 2.60 bits per heavy atom. The molecule has 2 heterocycles. The summed E-state index contributed by atoms with van der Waals surface area (Å²) in [5.74, 6) is 0. The van der Waals surface area contributed by atoms with Gasteiger partial charge in [-0.15, -0.1) is 0 Å². The summed E-state index contributed by atoms with van der Waals surface area (Å²) in [7, 11) is 0. The predicted octanol–water partition coefficient (Wildman–Crippen LogP) is 1.00. The highest BCUT2D eigenvalue weighted by molar-refractivity contribution is 4.93. The second-order valence-electron chi connectivity index (χ2n) is 3.59. The van der Waals surface area contributed by atoms with Crippen molar-refractivity contribution in [3.63, 3.8) is 0 Å². The summed E-state index contributed by atoms with van der Waals surface area (Å²) in [6, 6.07) is 3.12. The van der Waals surface area contributed by atoms with E-state index in [1.807, 2.05) is 4.57 Å². The lowest BCUT2D eigenvalue weighted by molar-refractivity contribution is -0.182. The highest BCUT2D eigenvalue weighted by Crippen LogP contribution is 2.09. The SMILES string of the molecule is O=c1ccn(CCC2OCCCO2)cc1. The van der Waals surface area contributed by atoms with Gasteiger partial charge in [0.15, 0.2) is 11.7 Å². The third-order valence-corrected chi connectivity index (χ3v) is 2.38. The van der Waals surface area contributed by atoms with Gasteiger partial charge in [0.25, 0.3) is 0 Å². The van der Waals surface area contributed by atoms with Crippen molar-refractivity contribution in [2.45, 2.75) is 25.7 Å². The lowest BCUT2D eigenvalue weighted by atomic mass is 10.3. The van der Waals surface area contributed by atoms with Crippen molar-refractivity contribution < 1.29 is 9.47 Å². The van der Waals surface area contributed by atoms with Crippen LogP contribution >= 0.6 is 0 Å². The number of hydrogen-bond donors (Lipinski definition) is 0.